The van der Waals surface area contributed by atoms with Gasteiger partial charge in [0.25, 0.3) is 0 Å². The van der Waals surface area contributed by atoms with Crippen molar-refractivity contribution in [2.24, 2.45) is 10.9 Å². The second-order valence-electron chi connectivity index (χ2n) is 4.99. The van der Waals surface area contributed by atoms with Crippen molar-refractivity contribution in [3.05, 3.63) is 34.3 Å². The molecule has 1 aromatic rings. The van der Waals surface area contributed by atoms with Gasteiger partial charge in [0.2, 0.25) is 0 Å². The molecule has 0 aliphatic carbocycles. The fourth-order valence-corrected chi connectivity index (χ4v) is 2.56. The van der Waals surface area contributed by atoms with Crippen LogP contribution in [-0.2, 0) is 6.54 Å². The molecule has 0 aliphatic rings. The van der Waals surface area contributed by atoms with Crippen LogP contribution in [0.4, 0.5) is 0 Å². The first-order valence-corrected chi connectivity index (χ1v) is 7.41. The van der Waals surface area contributed by atoms with Crippen molar-refractivity contribution in [2.75, 3.05) is 0 Å². The molecule has 0 atom stereocenters. The summed E-state index contributed by atoms with van der Waals surface area (Å²) in [6, 6.07) is 5.44. The quantitative estimate of drug-likeness (QED) is 0.312. The molecule has 0 bridgehead atoms. The van der Waals surface area contributed by atoms with E-state index in [4.69, 9.17) is 22.5 Å². The van der Waals surface area contributed by atoms with E-state index in [9.17, 15) is 0 Å². The maximum atomic E-state index is 8.66. The number of hydrogen-bond donors (Lipinski definition) is 3. The van der Waals surface area contributed by atoms with Crippen LogP contribution in [0.2, 0.25) is 5.02 Å². The summed E-state index contributed by atoms with van der Waals surface area (Å²) in [4.78, 5) is 0. The minimum Gasteiger partial charge on any atom is -0.409 e. The number of oxime groups is 1. The topological polar surface area (TPSA) is 70.6 Å². The Morgan fingerprint density at radius 1 is 1.30 bits per heavy atom. The first-order chi connectivity index (χ1) is 9.51. The van der Waals surface area contributed by atoms with Crippen LogP contribution >= 0.6 is 11.6 Å². The second-order valence-corrected chi connectivity index (χ2v) is 5.39. The smallest absolute Gasteiger partial charge is 0.170 e. The van der Waals surface area contributed by atoms with E-state index in [0.29, 0.717) is 17.1 Å². The fraction of sp³-hybridized carbons (Fsp3) is 0.533. The molecular formula is C15H24ClN3O. The summed E-state index contributed by atoms with van der Waals surface area (Å²) in [6.45, 7) is 7.31. The molecule has 1 rings (SSSR count). The van der Waals surface area contributed by atoms with E-state index < -0.39 is 0 Å². The molecule has 0 aromatic heterocycles. The third kappa shape index (κ3) is 3.87. The maximum absolute atomic E-state index is 8.66. The Balaban J connectivity index is 2.84. The molecule has 0 spiro atoms. The molecule has 0 aliphatic heterocycles. The Hall–Kier alpha value is -1.26. The fourth-order valence-electron chi connectivity index (χ4n) is 2.32. The van der Waals surface area contributed by atoms with Gasteiger partial charge in [-0.1, -0.05) is 49.7 Å². The van der Waals surface area contributed by atoms with Gasteiger partial charge >= 0.3 is 0 Å². The molecule has 0 amide bonds. The minimum absolute atomic E-state index is 0.0661. The van der Waals surface area contributed by atoms with E-state index in [0.717, 1.165) is 24.8 Å². The number of benzene rings is 1. The molecule has 0 radical (unpaired) electrons. The molecular weight excluding hydrogens is 274 g/mol. The van der Waals surface area contributed by atoms with Crippen LogP contribution in [0.1, 0.15) is 51.2 Å². The van der Waals surface area contributed by atoms with E-state index >= 15 is 0 Å². The lowest BCUT2D eigenvalue weighted by molar-refractivity contribution is 0.288. The Bertz CT molecular complexity index is 462. The largest absolute Gasteiger partial charge is 0.409 e. The standard InChI is InChI=1S/C15H24ClN3O/c1-4-15(5-2,6-3)18-10-12-8-7-11(9-13(12)16)14(17)19-20/h7-9,18,20H,4-6,10H2,1-3H3,(H2,17,19). The van der Waals surface area contributed by atoms with Crippen LogP contribution in [0, 0.1) is 0 Å². The van der Waals surface area contributed by atoms with Crippen molar-refractivity contribution in [3.63, 3.8) is 0 Å². The highest BCUT2D eigenvalue weighted by Crippen LogP contribution is 2.23. The zero-order valence-corrected chi connectivity index (χ0v) is 13.2. The van der Waals surface area contributed by atoms with Crippen molar-refractivity contribution < 1.29 is 5.21 Å². The molecule has 4 nitrogen and oxygen atoms in total. The number of nitrogens with zero attached hydrogens (tertiary/aromatic N) is 1. The van der Waals surface area contributed by atoms with E-state index in [1.54, 1.807) is 6.07 Å². The lowest BCUT2D eigenvalue weighted by atomic mass is 9.89. The van der Waals surface area contributed by atoms with Crippen molar-refractivity contribution in [3.8, 4) is 0 Å². The van der Waals surface area contributed by atoms with Gasteiger partial charge < -0.3 is 16.3 Å². The lowest BCUT2D eigenvalue weighted by Gasteiger charge is -2.32. The third-order valence-corrected chi connectivity index (χ3v) is 4.49. The molecule has 0 saturated heterocycles. The van der Waals surface area contributed by atoms with Crippen molar-refractivity contribution >= 4 is 17.4 Å². The first kappa shape index (κ1) is 16.8. The van der Waals surface area contributed by atoms with Gasteiger partial charge in [0.05, 0.1) is 0 Å². The van der Waals surface area contributed by atoms with Crippen LogP contribution in [0.25, 0.3) is 0 Å². The summed E-state index contributed by atoms with van der Waals surface area (Å²) in [5.74, 6) is 0.0661. The zero-order valence-electron chi connectivity index (χ0n) is 12.4. The number of nitrogens with two attached hydrogens (primary N) is 1. The van der Waals surface area contributed by atoms with Crippen LogP contribution in [0.5, 0.6) is 0 Å². The summed E-state index contributed by atoms with van der Waals surface area (Å²) in [5.41, 5.74) is 7.34. The highest BCUT2D eigenvalue weighted by atomic mass is 35.5. The summed E-state index contributed by atoms with van der Waals surface area (Å²) in [6.07, 6.45) is 3.25. The minimum atomic E-state index is 0.0661. The van der Waals surface area contributed by atoms with E-state index in [2.05, 4.69) is 31.2 Å². The average Bonchev–Trinajstić information content (AvgIpc) is 2.49. The number of halogens is 1. The SMILES string of the molecule is CCC(CC)(CC)NCc1ccc(/C(N)=N/O)cc1Cl. The van der Waals surface area contributed by atoms with Gasteiger partial charge in [-0.3, -0.25) is 0 Å². The number of hydrogen-bond acceptors (Lipinski definition) is 3. The molecule has 112 valence electrons. The van der Waals surface area contributed by atoms with Crippen LogP contribution in [0.15, 0.2) is 23.4 Å². The highest BCUT2D eigenvalue weighted by molar-refractivity contribution is 6.31. The van der Waals surface area contributed by atoms with Gasteiger partial charge in [-0.2, -0.15) is 0 Å². The average molecular weight is 298 g/mol. The number of nitrogens with one attached hydrogen (secondary N) is 1. The summed E-state index contributed by atoms with van der Waals surface area (Å²) in [7, 11) is 0. The second kappa shape index (κ2) is 7.50. The van der Waals surface area contributed by atoms with Crippen molar-refractivity contribution in [1.29, 1.82) is 0 Å². The van der Waals surface area contributed by atoms with Gasteiger partial charge in [-0.25, -0.2) is 0 Å². The molecule has 0 unspecified atom stereocenters. The van der Waals surface area contributed by atoms with E-state index in [1.807, 2.05) is 12.1 Å². The van der Waals surface area contributed by atoms with Crippen LogP contribution in [0.3, 0.4) is 0 Å². The number of rotatable bonds is 7. The Morgan fingerprint density at radius 3 is 2.35 bits per heavy atom. The van der Waals surface area contributed by atoms with Crippen LogP contribution < -0.4 is 11.1 Å². The van der Waals surface area contributed by atoms with E-state index in [1.165, 1.54) is 0 Å². The summed E-state index contributed by atoms with van der Waals surface area (Å²) < 4.78 is 0. The normalized spacial score (nSPS) is 12.7. The van der Waals surface area contributed by atoms with Gasteiger partial charge in [-0.15, -0.1) is 0 Å². The summed E-state index contributed by atoms with van der Waals surface area (Å²) >= 11 is 6.26. The Labute approximate surface area is 126 Å². The van der Waals surface area contributed by atoms with E-state index in [-0.39, 0.29) is 11.4 Å². The lowest BCUT2D eigenvalue weighted by Crippen LogP contribution is -2.43. The molecule has 0 saturated carbocycles. The molecule has 1 aromatic carbocycles. The maximum Gasteiger partial charge on any atom is 0.170 e. The predicted molar refractivity (Wildman–Crippen MR) is 84.4 cm³/mol. The Kier molecular flexibility index (Phi) is 6.30. The predicted octanol–water partition coefficient (Wildman–Crippen LogP) is 3.49. The van der Waals surface area contributed by atoms with Gasteiger partial charge in [0.15, 0.2) is 5.84 Å². The molecule has 0 fully saturated rings. The van der Waals surface area contributed by atoms with Gasteiger partial charge in [-0.05, 0) is 30.9 Å². The number of amidine groups is 1. The monoisotopic (exact) mass is 297 g/mol. The molecule has 20 heavy (non-hydrogen) atoms. The van der Waals surface area contributed by atoms with Crippen molar-refractivity contribution in [1.82, 2.24) is 5.32 Å². The molecule has 5 heteroatoms. The molecule has 0 heterocycles. The summed E-state index contributed by atoms with van der Waals surface area (Å²) in [5, 5.41) is 15.9. The van der Waals surface area contributed by atoms with Gasteiger partial charge in [0.1, 0.15) is 0 Å². The zero-order chi connectivity index (χ0) is 15.2. The van der Waals surface area contributed by atoms with Crippen molar-refractivity contribution in [2.45, 2.75) is 52.1 Å². The molecule has 4 N–H and O–H groups in total. The Morgan fingerprint density at radius 2 is 1.90 bits per heavy atom. The van der Waals surface area contributed by atoms with Gasteiger partial charge in [0, 0.05) is 22.7 Å². The van der Waals surface area contributed by atoms with Crippen LogP contribution in [-0.4, -0.2) is 16.6 Å². The third-order valence-electron chi connectivity index (χ3n) is 4.14. The first-order valence-electron chi connectivity index (χ1n) is 7.03. The highest BCUT2D eigenvalue weighted by Gasteiger charge is 2.22.